The molecule has 1 aliphatic heterocycles. The molecule has 0 amide bonds. The number of fused-ring (bicyclic) bond motifs is 1. The van der Waals surface area contributed by atoms with E-state index in [9.17, 15) is 0 Å². The minimum Gasteiger partial charge on any atom is -0.333 e. The van der Waals surface area contributed by atoms with Crippen LogP contribution in [0, 0.1) is 0 Å². The first-order valence-corrected chi connectivity index (χ1v) is 6.39. The third-order valence-corrected chi connectivity index (χ3v) is 3.07. The van der Waals surface area contributed by atoms with Crippen LogP contribution in [-0.2, 0) is 13.1 Å². The predicted octanol–water partition coefficient (Wildman–Crippen LogP) is 1.25. The van der Waals surface area contributed by atoms with Gasteiger partial charge in [-0.1, -0.05) is 13.5 Å². The zero-order valence-corrected chi connectivity index (χ0v) is 10.7. The predicted molar refractivity (Wildman–Crippen MR) is 69.8 cm³/mol. The molecule has 17 heavy (non-hydrogen) atoms. The van der Waals surface area contributed by atoms with Crippen molar-refractivity contribution in [2.75, 3.05) is 26.2 Å². The van der Waals surface area contributed by atoms with Gasteiger partial charge in [-0.05, 0) is 18.5 Å². The summed E-state index contributed by atoms with van der Waals surface area (Å²) in [6, 6.07) is 0. The van der Waals surface area contributed by atoms with Crippen LogP contribution in [0.25, 0.3) is 0 Å². The molecule has 1 aliphatic rings. The molecular weight excluding hydrogens is 212 g/mol. The molecule has 1 aromatic rings. The molecule has 0 bridgehead atoms. The van der Waals surface area contributed by atoms with E-state index in [1.54, 1.807) is 0 Å². The summed E-state index contributed by atoms with van der Waals surface area (Å²) in [6.45, 7) is 12.4. The maximum atomic E-state index is 4.37. The highest BCUT2D eigenvalue weighted by Gasteiger charge is 2.16. The lowest BCUT2D eigenvalue weighted by atomic mass is 10.2. The number of imidazole rings is 1. The number of hydrogen-bond acceptors (Lipinski definition) is 3. The van der Waals surface area contributed by atoms with Gasteiger partial charge in [-0.2, -0.15) is 0 Å². The van der Waals surface area contributed by atoms with Crippen molar-refractivity contribution in [3.05, 3.63) is 30.4 Å². The number of nitrogens with zero attached hydrogens (tertiary/aromatic N) is 3. The Kier molecular flexibility index (Phi) is 4.34. The van der Waals surface area contributed by atoms with Crippen LogP contribution in [0.3, 0.4) is 0 Å². The molecule has 1 N–H and O–H groups in total. The van der Waals surface area contributed by atoms with Gasteiger partial charge in [-0.3, -0.25) is 4.90 Å². The van der Waals surface area contributed by atoms with Gasteiger partial charge in [-0.25, -0.2) is 4.98 Å². The maximum absolute atomic E-state index is 4.37. The number of nitrogens with one attached hydrogen (secondary N) is 1. The van der Waals surface area contributed by atoms with Crippen molar-refractivity contribution < 1.29 is 0 Å². The Morgan fingerprint density at radius 2 is 2.41 bits per heavy atom. The van der Waals surface area contributed by atoms with Gasteiger partial charge >= 0.3 is 0 Å². The summed E-state index contributed by atoms with van der Waals surface area (Å²) >= 11 is 0. The minimum absolute atomic E-state index is 0.929. The Labute approximate surface area is 103 Å². The van der Waals surface area contributed by atoms with Crippen molar-refractivity contribution in [3.63, 3.8) is 0 Å². The van der Waals surface area contributed by atoms with Crippen molar-refractivity contribution in [2.24, 2.45) is 0 Å². The van der Waals surface area contributed by atoms with E-state index in [2.05, 4.69) is 39.5 Å². The molecule has 0 spiro atoms. The van der Waals surface area contributed by atoms with Gasteiger partial charge < -0.3 is 9.88 Å². The average Bonchev–Trinajstić information content (AvgIpc) is 2.76. The monoisotopic (exact) mass is 234 g/mol. The smallest absolute Gasteiger partial charge is 0.122 e. The topological polar surface area (TPSA) is 33.1 Å². The normalized spacial score (nSPS) is 15.8. The van der Waals surface area contributed by atoms with E-state index in [1.807, 2.05) is 6.20 Å². The Morgan fingerprint density at radius 3 is 3.24 bits per heavy atom. The van der Waals surface area contributed by atoms with Crippen molar-refractivity contribution in [3.8, 4) is 0 Å². The van der Waals surface area contributed by atoms with Gasteiger partial charge in [0.1, 0.15) is 5.82 Å². The first-order chi connectivity index (χ1) is 8.29. The number of hydrogen-bond donors (Lipinski definition) is 1. The molecule has 0 saturated carbocycles. The van der Waals surface area contributed by atoms with Gasteiger partial charge in [0, 0.05) is 38.6 Å². The first kappa shape index (κ1) is 12.3. The summed E-state index contributed by atoms with van der Waals surface area (Å²) in [6.07, 6.45) is 5.12. The summed E-state index contributed by atoms with van der Waals surface area (Å²) in [5, 5.41) is 3.39. The molecule has 0 saturated heterocycles. The fourth-order valence-electron chi connectivity index (χ4n) is 2.17. The number of rotatable bonds is 6. The van der Waals surface area contributed by atoms with Crippen LogP contribution < -0.4 is 5.32 Å². The van der Waals surface area contributed by atoms with Crippen LogP contribution in [0.15, 0.2) is 24.5 Å². The van der Waals surface area contributed by atoms with E-state index in [0.717, 1.165) is 39.3 Å². The van der Waals surface area contributed by atoms with E-state index in [0.29, 0.717) is 0 Å². The van der Waals surface area contributed by atoms with E-state index >= 15 is 0 Å². The molecular formula is C13H22N4. The molecule has 0 unspecified atom stereocenters. The summed E-state index contributed by atoms with van der Waals surface area (Å²) in [5.41, 5.74) is 1.26. The van der Waals surface area contributed by atoms with E-state index in [1.165, 1.54) is 17.8 Å². The van der Waals surface area contributed by atoms with Crippen LogP contribution >= 0.6 is 0 Å². The highest BCUT2D eigenvalue weighted by molar-refractivity contribution is 5.03. The van der Waals surface area contributed by atoms with Crippen LogP contribution in [0.2, 0.25) is 0 Å². The van der Waals surface area contributed by atoms with Crippen LogP contribution in [-0.4, -0.2) is 40.6 Å². The zero-order chi connectivity index (χ0) is 12.1. The number of aromatic nitrogens is 2. The maximum Gasteiger partial charge on any atom is 0.122 e. The Morgan fingerprint density at radius 1 is 1.53 bits per heavy atom. The second-order valence-corrected chi connectivity index (χ2v) is 4.67. The molecule has 4 heteroatoms. The quantitative estimate of drug-likeness (QED) is 0.594. The second-order valence-electron chi connectivity index (χ2n) is 4.67. The molecule has 0 aliphatic carbocycles. The van der Waals surface area contributed by atoms with Crippen molar-refractivity contribution in [1.29, 1.82) is 0 Å². The summed E-state index contributed by atoms with van der Waals surface area (Å²) < 4.78 is 2.23. The molecule has 2 heterocycles. The first-order valence-electron chi connectivity index (χ1n) is 6.39. The molecule has 0 atom stereocenters. The van der Waals surface area contributed by atoms with Gasteiger partial charge in [0.2, 0.25) is 0 Å². The van der Waals surface area contributed by atoms with Crippen LogP contribution in [0.4, 0.5) is 0 Å². The summed E-state index contributed by atoms with van der Waals surface area (Å²) in [4.78, 5) is 6.78. The Hall–Kier alpha value is -1.13. The SMILES string of the molecule is C=C(CNCCC)CN1CCn2ccnc2C1. The lowest BCUT2D eigenvalue weighted by Crippen LogP contribution is -2.36. The lowest BCUT2D eigenvalue weighted by molar-refractivity contribution is 0.233. The zero-order valence-electron chi connectivity index (χ0n) is 10.7. The second kappa shape index (κ2) is 5.98. The average molecular weight is 234 g/mol. The molecule has 2 rings (SSSR count). The molecule has 0 fully saturated rings. The molecule has 4 nitrogen and oxygen atoms in total. The van der Waals surface area contributed by atoms with Crippen LogP contribution in [0.1, 0.15) is 19.2 Å². The van der Waals surface area contributed by atoms with E-state index in [4.69, 9.17) is 0 Å². The van der Waals surface area contributed by atoms with Crippen LogP contribution in [0.5, 0.6) is 0 Å². The molecule has 0 radical (unpaired) electrons. The van der Waals surface area contributed by atoms with E-state index in [-0.39, 0.29) is 0 Å². The highest BCUT2D eigenvalue weighted by atomic mass is 15.2. The fourth-order valence-corrected chi connectivity index (χ4v) is 2.17. The van der Waals surface area contributed by atoms with Crippen molar-refractivity contribution in [2.45, 2.75) is 26.4 Å². The molecule has 1 aromatic heterocycles. The van der Waals surface area contributed by atoms with Crippen molar-refractivity contribution >= 4 is 0 Å². The standard InChI is InChI=1S/C13H22N4/c1-3-4-14-9-12(2)10-16-7-8-17-6-5-15-13(17)11-16/h5-6,14H,2-4,7-11H2,1H3. The lowest BCUT2D eigenvalue weighted by Gasteiger charge is -2.28. The Bertz CT molecular complexity index is 369. The molecule has 0 aromatic carbocycles. The minimum atomic E-state index is 0.929. The van der Waals surface area contributed by atoms with Gasteiger partial charge in [-0.15, -0.1) is 0 Å². The summed E-state index contributed by atoms with van der Waals surface area (Å²) in [7, 11) is 0. The van der Waals surface area contributed by atoms with Gasteiger partial charge in [0.15, 0.2) is 0 Å². The third kappa shape index (κ3) is 3.41. The Balaban J connectivity index is 1.76. The van der Waals surface area contributed by atoms with E-state index < -0.39 is 0 Å². The summed E-state index contributed by atoms with van der Waals surface area (Å²) in [5.74, 6) is 1.17. The fraction of sp³-hybridized carbons (Fsp3) is 0.615. The highest BCUT2D eigenvalue weighted by Crippen LogP contribution is 2.11. The van der Waals surface area contributed by atoms with Crippen molar-refractivity contribution in [1.82, 2.24) is 19.8 Å². The third-order valence-electron chi connectivity index (χ3n) is 3.07. The van der Waals surface area contributed by atoms with Gasteiger partial charge in [0.05, 0.1) is 6.54 Å². The largest absolute Gasteiger partial charge is 0.333 e. The van der Waals surface area contributed by atoms with Gasteiger partial charge in [0.25, 0.3) is 0 Å². The molecule has 94 valence electrons.